The number of carbonyl (C=O) groups is 2. The molecule has 0 unspecified atom stereocenters. The third kappa shape index (κ3) is 14.6. The van der Waals surface area contributed by atoms with Gasteiger partial charge in [-0.25, -0.2) is 4.79 Å². The molecule has 1 aromatic heterocycles. The van der Waals surface area contributed by atoms with E-state index in [4.69, 9.17) is 33.2 Å². The molecule has 2 aliphatic heterocycles. The Morgan fingerprint density at radius 3 is 1.54 bits per heavy atom. The predicted molar refractivity (Wildman–Crippen MR) is 264 cm³/mol. The number of rotatable bonds is 23. The van der Waals surface area contributed by atoms with Gasteiger partial charge in [0.15, 0.2) is 6.23 Å². The molecule has 2 amide bonds. The maximum Gasteiger partial charge on any atom is 0.330 e. The smallest absolute Gasteiger partial charge is 0.330 e. The molecule has 6 aromatic rings. The lowest BCUT2D eigenvalue weighted by atomic mass is 9.90. The molecule has 0 bridgehead atoms. The van der Waals surface area contributed by atoms with Crippen LogP contribution in [0.15, 0.2) is 186 Å². The van der Waals surface area contributed by atoms with E-state index in [-0.39, 0.29) is 51.9 Å². The second kappa shape index (κ2) is 25.9. The van der Waals surface area contributed by atoms with Gasteiger partial charge in [-0.2, -0.15) is 0 Å². The number of H-pyrrole nitrogens is 1. The zero-order chi connectivity index (χ0) is 49.2. The van der Waals surface area contributed by atoms with Crippen molar-refractivity contribution in [1.82, 2.24) is 20.2 Å². The fraction of sp³-hybridized carbons (Fsp3) is 0.321. The minimum atomic E-state index is -1.02. The van der Waals surface area contributed by atoms with Gasteiger partial charge in [-0.1, -0.05) is 158 Å². The zero-order valence-electron chi connectivity index (χ0n) is 39.5. The molecule has 0 aliphatic carbocycles. The molecule has 3 heterocycles. The Bertz CT molecular complexity index is 2710. The molecule has 370 valence electrons. The van der Waals surface area contributed by atoms with Gasteiger partial charge in [0.2, 0.25) is 11.8 Å². The minimum Gasteiger partial charge on any atom is -0.374 e. The van der Waals surface area contributed by atoms with Crippen molar-refractivity contribution in [2.45, 2.75) is 101 Å². The van der Waals surface area contributed by atoms with Gasteiger partial charge >= 0.3 is 5.69 Å². The van der Waals surface area contributed by atoms with Crippen LogP contribution in [0.1, 0.15) is 47.4 Å². The molecule has 2 fully saturated rings. The highest BCUT2D eigenvalue weighted by Crippen LogP contribution is 2.35. The highest BCUT2D eigenvalue weighted by atomic mass is 16.6. The van der Waals surface area contributed by atoms with E-state index in [9.17, 15) is 19.2 Å². The van der Waals surface area contributed by atoms with Crippen LogP contribution in [0.4, 0.5) is 0 Å². The summed E-state index contributed by atoms with van der Waals surface area (Å²) in [5.74, 6) is -0.717. The predicted octanol–water partition coefficient (Wildman–Crippen LogP) is 6.33. The standard InChI is InChI=1S/C56H60N4O11/c1-39(61)58-50-45(70-47(38-65-33-40-18-7-2-8-19-40)52(67-35-42-22-11-4-12-23-42)53(50)68-36-43-24-13-5-14-25-43)28-17-29-48(62)57-32-46-51(66-34-41-20-9-3-10-21-41)54(69-37-44-26-15-6-16-27-44)55(71-46)60-31-30-49(63)59-56(60)64/h2-27,29-31,45-47,50-55H,28,32-38H2,1H3,(H,57,62)(H,58,61)(H,59,63,64)/b29-17+/t45-,46-,47-,50+,51-,52-,53-,54-,55-/m1/s1. The third-order valence-corrected chi connectivity index (χ3v) is 12.2. The normalized spacial score (nSPS) is 23.1. The number of aromatic nitrogens is 2. The van der Waals surface area contributed by atoms with Gasteiger partial charge in [-0.05, 0) is 40.3 Å². The molecule has 0 radical (unpaired) electrons. The molecule has 9 atom stereocenters. The van der Waals surface area contributed by atoms with Crippen molar-refractivity contribution in [3.8, 4) is 0 Å². The van der Waals surface area contributed by atoms with Crippen molar-refractivity contribution in [3.05, 3.63) is 225 Å². The van der Waals surface area contributed by atoms with Crippen molar-refractivity contribution in [2.75, 3.05) is 13.2 Å². The fourth-order valence-corrected chi connectivity index (χ4v) is 8.77. The zero-order valence-corrected chi connectivity index (χ0v) is 39.5. The van der Waals surface area contributed by atoms with Crippen LogP contribution < -0.4 is 21.9 Å². The number of benzene rings is 5. The Labute approximate surface area is 412 Å². The van der Waals surface area contributed by atoms with Gasteiger partial charge in [0.05, 0.1) is 51.8 Å². The van der Waals surface area contributed by atoms with E-state index < -0.39 is 72.2 Å². The molecule has 15 heteroatoms. The summed E-state index contributed by atoms with van der Waals surface area (Å²) in [6.07, 6.45) is -1.40. The fourth-order valence-electron chi connectivity index (χ4n) is 8.77. The SMILES string of the molecule is CC(=O)N[C@@H]1[C@@H](OCc2ccccc2)[C@H](OCc2ccccc2)[C@@H](COCc2ccccc2)O[C@@H]1C/C=C/C(=O)NC[C@H]1O[C@@H](n2ccc(=O)[nH]c2=O)[C@H](OCc2ccccc2)[C@@H]1OCc1ccccc1. The van der Waals surface area contributed by atoms with E-state index in [2.05, 4.69) is 15.6 Å². The number of carbonyl (C=O) groups excluding carboxylic acids is 2. The first kappa shape index (κ1) is 50.6. The number of ether oxygens (including phenoxy) is 7. The molecule has 8 rings (SSSR count). The highest BCUT2D eigenvalue weighted by molar-refractivity contribution is 5.87. The largest absolute Gasteiger partial charge is 0.374 e. The van der Waals surface area contributed by atoms with Crippen LogP contribution in [-0.4, -0.2) is 83.3 Å². The average molecular weight is 965 g/mol. The van der Waals surface area contributed by atoms with E-state index in [1.54, 1.807) is 6.08 Å². The highest BCUT2D eigenvalue weighted by Gasteiger charge is 2.49. The van der Waals surface area contributed by atoms with Crippen LogP contribution in [-0.2, 0) is 75.8 Å². The van der Waals surface area contributed by atoms with E-state index in [1.807, 2.05) is 152 Å². The van der Waals surface area contributed by atoms with Crippen LogP contribution in [0.3, 0.4) is 0 Å². The molecule has 5 aromatic carbocycles. The first-order valence-electron chi connectivity index (χ1n) is 23.8. The lowest BCUT2D eigenvalue weighted by molar-refractivity contribution is -0.231. The second-order valence-corrected chi connectivity index (χ2v) is 17.5. The van der Waals surface area contributed by atoms with E-state index in [0.717, 1.165) is 27.8 Å². The summed E-state index contributed by atoms with van der Waals surface area (Å²) in [5, 5.41) is 6.05. The number of aromatic amines is 1. The van der Waals surface area contributed by atoms with Crippen molar-refractivity contribution < 1.29 is 42.7 Å². The summed E-state index contributed by atoms with van der Waals surface area (Å²) in [6.45, 7) is 2.80. The van der Waals surface area contributed by atoms with Crippen LogP contribution in [0, 0.1) is 0 Å². The lowest BCUT2D eigenvalue weighted by Gasteiger charge is -2.46. The van der Waals surface area contributed by atoms with Crippen molar-refractivity contribution >= 4 is 11.8 Å². The maximum absolute atomic E-state index is 13.8. The Morgan fingerprint density at radius 2 is 1.04 bits per heavy atom. The molecule has 15 nitrogen and oxygen atoms in total. The van der Waals surface area contributed by atoms with Crippen molar-refractivity contribution in [2.24, 2.45) is 0 Å². The molecule has 2 aliphatic rings. The van der Waals surface area contributed by atoms with Crippen molar-refractivity contribution in [3.63, 3.8) is 0 Å². The third-order valence-electron chi connectivity index (χ3n) is 12.2. The molecule has 2 saturated heterocycles. The van der Waals surface area contributed by atoms with E-state index in [1.165, 1.54) is 29.8 Å². The van der Waals surface area contributed by atoms with Crippen molar-refractivity contribution in [1.29, 1.82) is 0 Å². The molecule has 3 N–H and O–H groups in total. The number of nitrogens with one attached hydrogen (secondary N) is 3. The van der Waals surface area contributed by atoms with Crippen LogP contribution in [0.2, 0.25) is 0 Å². The Balaban J connectivity index is 1.01. The van der Waals surface area contributed by atoms with Crippen LogP contribution in [0.5, 0.6) is 0 Å². The minimum absolute atomic E-state index is 0.0203. The van der Waals surface area contributed by atoms with Gasteiger partial charge in [-0.3, -0.25) is 23.9 Å². The topological polar surface area (TPSA) is 178 Å². The number of amides is 2. The molecule has 71 heavy (non-hydrogen) atoms. The van der Waals surface area contributed by atoms with E-state index >= 15 is 0 Å². The summed E-state index contributed by atoms with van der Waals surface area (Å²) in [6, 6.07) is 49.1. The van der Waals surface area contributed by atoms with Gasteiger partial charge in [0.25, 0.3) is 5.56 Å². The number of hydrogen-bond donors (Lipinski definition) is 3. The van der Waals surface area contributed by atoms with Gasteiger partial charge < -0.3 is 43.8 Å². The van der Waals surface area contributed by atoms with Gasteiger partial charge in [-0.15, -0.1) is 0 Å². The molecular formula is C56H60N4O11. The number of nitrogens with zero attached hydrogens (tertiary/aromatic N) is 1. The van der Waals surface area contributed by atoms with Gasteiger partial charge in [0, 0.05) is 25.7 Å². The Kier molecular flexibility index (Phi) is 18.4. The van der Waals surface area contributed by atoms with Gasteiger partial charge in [0.1, 0.15) is 36.6 Å². The first-order chi connectivity index (χ1) is 34.8. The first-order valence-corrected chi connectivity index (χ1v) is 23.8. The second-order valence-electron chi connectivity index (χ2n) is 17.5. The van der Waals surface area contributed by atoms with Crippen LogP contribution >= 0.6 is 0 Å². The lowest BCUT2D eigenvalue weighted by Crippen LogP contribution is -2.65. The monoisotopic (exact) mass is 964 g/mol. The van der Waals surface area contributed by atoms with E-state index in [0.29, 0.717) is 6.61 Å². The summed E-state index contributed by atoms with van der Waals surface area (Å²) >= 11 is 0. The summed E-state index contributed by atoms with van der Waals surface area (Å²) in [4.78, 5) is 54.3. The summed E-state index contributed by atoms with van der Waals surface area (Å²) in [5.41, 5.74) is 3.45. The summed E-state index contributed by atoms with van der Waals surface area (Å²) in [7, 11) is 0. The maximum atomic E-state index is 13.8. The molecular weight excluding hydrogens is 905 g/mol. The summed E-state index contributed by atoms with van der Waals surface area (Å²) < 4.78 is 47.4. The Hall–Kier alpha value is -6.82. The quantitative estimate of drug-likeness (QED) is 0.0612. The Morgan fingerprint density at radius 1 is 0.577 bits per heavy atom. The van der Waals surface area contributed by atoms with Crippen LogP contribution in [0.25, 0.3) is 0 Å². The number of hydrogen-bond acceptors (Lipinski definition) is 11. The molecule has 0 spiro atoms. The molecule has 0 saturated carbocycles. The average Bonchev–Trinajstić information content (AvgIpc) is 3.74.